The Hall–Kier alpha value is -0.730. The van der Waals surface area contributed by atoms with Gasteiger partial charge in [-0.2, -0.15) is 0 Å². The van der Waals surface area contributed by atoms with Crippen LogP contribution in [0, 0.1) is 0 Å². The first kappa shape index (κ1) is 13.7. The molecule has 1 aromatic rings. The van der Waals surface area contributed by atoms with Crippen molar-refractivity contribution < 1.29 is 9.90 Å². The zero-order valence-electron chi connectivity index (χ0n) is 10.1. The van der Waals surface area contributed by atoms with Crippen LogP contribution in [0.15, 0.2) is 18.2 Å². The molecule has 0 spiro atoms. The molecule has 2 nitrogen and oxygen atoms in total. The molecule has 1 aromatic carbocycles. The summed E-state index contributed by atoms with van der Waals surface area (Å²) in [6.45, 7) is 0. The molecule has 1 N–H and O–H groups in total. The molecule has 0 radical (unpaired) electrons. The van der Waals surface area contributed by atoms with E-state index in [1.165, 1.54) is 0 Å². The van der Waals surface area contributed by atoms with Gasteiger partial charge >= 0.3 is 5.97 Å². The largest absolute Gasteiger partial charge is 0.481 e. The summed E-state index contributed by atoms with van der Waals surface area (Å²) >= 11 is 11.9. The Balaban J connectivity index is 2.45. The highest BCUT2D eigenvalue weighted by molar-refractivity contribution is 6.42. The minimum atomic E-state index is -0.787. The summed E-state index contributed by atoms with van der Waals surface area (Å²) in [7, 11) is 0. The lowest BCUT2D eigenvalue weighted by molar-refractivity contribution is -0.144. The molecule has 0 aliphatic heterocycles. The van der Waals surface area contributed by atoms with E-state index in [-0.39, 0.29) is 0 Å². The number of rotatable bonds is 2. The summed E-state index contributed by atoms with van der Waals surface area (Å²) in [4.78, 5) is 11.7. The molecule has 0 bridgehead atoms. The molecule has 0 aromatic heterocycles. The third-order valence-corrected chi connectivity index (χ3v) is 4.58. The van der Waals surface area contributed by atoms with Crippen LogP contribution in [-0.4, -0.2) is 11.1 Å². The molecule has 0 heterocycles. The van der Waals surface area contributed by atoms with Gasteiger partial charge in [0.05, 0.1) is 15.5 Å². The van der Waals surface area contributed by atoms with Gasteiger partial charge in [0.15, 0.2) is 0 Å². The van der Waals surface area contributed by atoms with Crippen LogP contribution in [0.5, 0.6) is 0 Å². The second-order valence-electron chi connectivity index (χ2n) is 4.93. The molecule has 1 aliphatic rings. The number of hydrogen-bond acceptors (Lipinski definition) is 1. The number of benzene rings is 1. The molecule has 18 heavy (non-hydrogen) atoms. The van der Waals surface area contributed by atoms with Crippen LogP contribution in [0.1, 0.15) is 44.1 Å². The molecule has 1 fully saturated rings. The summed E-state index contributed by atoms with van der Waals surface area (Å²) in [5.74, 6) is -0.747. The summed E-state index contributed by atoms with van der Waals surface area (Å²) in [6, 6.07) is 5.20. The topological polar surface area (TPSA) is 37.3 Å². The molecule has 0 atom stereocenters. The van der Waals surface area contributed by atoms with E-state index in [4.69, 9.17) is 23.2 Å². The van der Waals surface area contributed by atoms with Crippen molar-refractivity contribution in [2.45, 2.75) is 43.9 Å². The van der Waals surface area contributed by atoms with Gasteiger partial charge in [0.1, 0.15) is 0 Å². The van der Waals surface area contributed by atoms with E-state index in [1.54, 1.807) is 18.2 Å². The zero-order valence-corrected chi connectivity index (χ0v) is 11.6. The van der Waals surface area contributed by atoms with Crippen LogP contribution in [0.4, 0.5) is 0 Å². The third-order valence-electron chi connectivity index (χ3n) is 3.84. The Bertz CT molecular complexity index is 449. The van der Waals surface area contributed by atoms with Gasteiger partial charge in [-0.05, 0) is 30.5 Å². The Morgan fingerprint density at radius 1 is 1.06 bits per heavy atom. The van der Waals surface area contributed by atoms with Gasteiger partial charge in [-0.25, -0.2) is 0 Å². The fourth-order valence-corrected chi connectivity index (χ4v) is 3.05. The van der Waals surface area contributed by atoms with E-state index in [2.05, 4.69) is 0 Å². The van der Waals surface area contributed by atoms with Crippen molar-refractivity contribution in [3.8, 4) is 0 Å². The van der Waals surface area contributed by atoms with Crippen molar-refractivity contribution in [1.29, 1.82) is 0 Å². The molecule has 1 saturated carbocycles. The molecule has 0 saturated heterocycles. The second-order valence-corrected chi connectivity index (χ2v) is 5.74. The zero-order chi connectivity index (χ0) is 13.2. The van der Waals surface area contributed by atoms with Crippen LogP contribution >= 0.6 is 23.2 Å². The first-order chi connectivity index (χ1) is 8.56. The number of halogens is 2. The van der Waals surface area contributed by atoms with Crippen LogP contribution in [-0.2, 0) is 10.2 Å². The Labute approximate surface area is 117 Å². The van der Waals surface area contributed by atoms with E-state index >= 15 is 0 Å². The van der Waals surface area contributed by atoms with E-state index < -0.39 is 11.4 Å². The van der Waals surface area contributed by atoms with Gasteiger partial charge in [-0.1, -0.05) is 55.0 Å². The lowest BCUT2D eigenvalue weighted by Gasteiger charge is -2.28. The van der Waals surface area contributed by atoms with Gasteiger partial charge in [0, 0.05) is 0 Å². The van der Waals surface area contributed by atoms with Gasteiger partial charge in [0.25, 0.3) is 0 Å². The SMILES string of the molecule is O=C(O)C1(c2ccc(Cl)c(Cl)c2)CCCCCC1. The molecule has 1 aliphatic carbocycles. The number of carboxylic acid groups (broad SMARTS) is 1. The molecule has 98 valence electrons. The Kier molecular flexibility index (Phi) is 4.18. The van der Waals surface area contributed by atoms with Gasteiger partial charge in [-0.3, -0.25) is 4.79 Å². The summed E-state index contributed by atoms with van der Waals surface area (Å²) in [5, 5.41) is 10.5. The van der Waals surface area contributed by atoms with Crippen molar-refractivity contribution in [3.05, 3.63) is 33.8 Å². The first-order valence-electron chi connectivity index (χ1n) is 6.25. The monoisotopic (exact) mass is 286 g/mol. The van der Waals surface area contributed by atoms with E-state index in [1.807, 2.05) is 0 Å². The van der Waals surface area contributed by atoms with Crippen molar-refractivity contribution >= 4 is 29.2 Å². The van der Waals surface area contributed by atoms with E-state index in [0.29, 0.717) is 22.9 Å². The van der Waals surface area contributed by atoms with Crippen molar-refractivity contribution in [2.75, 3.05) is 0 Å². The van der Waals surface area contributed by atoms with Gasteiger partial charge < -0.3 is 5.11 Å². The highest BCUT2D eigenvalue weighted by Gasteiger charge is 2.40. The van der Waals surface area contributed by atoms with Gasteiger partial charge in [-0.15, -0.1) is 0 Å². The maximum Gasteiger partial charge on any atom is 0.314 e. The van der Waals surface area contributed by atoms with Crippen LogP contribution in [0.25, 0.3) is 0 Å². The molecule has 0 unspecified atom stereocenters. The standard InChI is InChI=1S/C14H16Cl2O2/c15-11-6-5-10(9-12(11)16)14(13(17)18)7-3-1-2-4-8-14/h5-6,9H,1-4,7-8H2,(H,17,18). The summed E-state index contributed by atoms with van der Waals surface area (Å²) in [6.07, 6.45) is 5.48. The Morgan fingerprint density at radius 3 is 2.17 bits per heavy atom. The fourth-order valence-electron chi connectivity index (χ4n) is 2.75. The van der Waals surface area contributed by atoms with Crippen molar-refractivity contribution in [1.82, 2.24) is 0 Å². The Morgan fingerprint density at radius 2 is 1.67 bits per heavy atom. The second kappa shape index (κ2) is 5.50. The predicted molar refractivity (Wildman–Crippen MR) is 73.5 cm³/mol. The minimum Gasteiger partial charge on any atom is -0.481 e. The summed E-state index contributed by atoms with van der Waals surface area (Å²) < 4.78 is 0. The average Bonchev–Trinajstić information content (AvgIpc) is 2.59. The number of hydrogen-bond donors (Lipinski definition) is 1. The molecule has 2 rings (SSSR count). The highest BCUT2D eigenvalue weighted by atomic mass is 35.5. The van der Waals surface area contributed by atoms with E-state index in [0.717, 1.165) is 31.2 Å². The average molecular weight is 287 g/mol. The lowest BCUT2D eigenvalue weighted by atomic mass is 9.74. The van der Waals surface area contributed by atoms with Crippen LogP contribution < -0.4 is 0 Å². The quantitative estimate of drug-likeness (QED) is 0.802. The smallest absolute Gasteiger partial charge is 0.314 e. The summed E-state index contributed by atoms with van der Waals surface area (Å²) in [5.41, 5.74) is -0.00336. The first-order valence-corrected chi connectivity index (χ1v) is 7.01. The number of carbonyl (C=O) groups is 1. The lowest BCUT2D eigenvalue weighted by Crippen LogP contribution is -2.35. The molecule has 4 heteroatoms. The number of aliphatic carboxylic acids is 1. The maximum atomic E-state index is 11.7. The molecular formula is C14H16Cl2O2. The maximum absolute atomic E-state index is 11.7. The highest BCUT2D eigenvalue weighted by Crippen LogP contribution is 2.40. The van der Waals surface area contributed by atoms with E-state index in [9.17, 15) is 9.90 Å². The fraction of sp³-hybridized carbons (Fsp3) is 0.500. The van der Waals surface area contributed by atoms with Gasteiger partial charge in [0.2, 0.25) is 0 Å². The molecular weight excluding hydrogens is 271 g/mol. The van der Waals surface area contributed by atoms with Crippen molar-refractivity contribution in [3.63, 3.8) is 0 Å². The normalized spacial score (nSPS) is 19.2. The van der Waals surface area contributed by atoms with Crippen LogP contribution in [0.2, 0.25) is 10.0 Å². The molecule has 0 amide bonds. The predicted octanol–water partition coefficient (Wildman–Crippen LogP) is 4.67. The third kappa shape index (κ3) is 2.50. The van der Waals surface area contributed by atoms with Crippen molar-refractivity contribution in [2.24, 2.45) is 0 Å². The minimum absolute atomic E-state index is 0.430. The van der Waals surface area contributed by atoms with Crippen LogP contribution in [0.3, 0.4) is 0 Å². The number of carboxylic acids is 1.